The van der Waals surface area contributed by atoms with Crippen molar-refractivity contribution in [1.82, 2.24) is 0 Å². The first-order valence-corrected chi connectivity index (χ1v) is 20.6. The Labute approximate surface area is 277 Å². The van der Waals surface area contributed by atoms with Crippen molar-refractivity contribution in [3.63, 3.8) is 0 Å². The molecule has 262 valence electrons. The van der Waals surface area contributed by atoms with Gasteiger partial charge in [-0.05, 0) is 25.7 Å². The quantitative estimate of drug-likeness (QED) is 0.0566. The third-order valence-corrected chi connectivity index (χ3v) is 11.3. The number of quaternary nitrogens is 2. The van der Waals surface area contributed by atoms with Gasteiger partial charge in [-0.3, -0.25) is 0 Å². The normalized spacial score (nSPS) is 18.1. The summed E-state index contributed by atoms with van der Waals surface area (Å²) >= 11 is 0. The average molecular weight is 623 g/mol. The van der Waals surface area contributed by atoms with Crippen LogP contribution in [-0.4, -0.2) is 87.8 Å². The van der Waals surface area contributed by atoms with Gasteiger partial charge in [0.15, 0.2) is 0 Å². The Morgan fingerprint density at radius 3 is 0.750 bits per heavy atom. The lowest BCUT2D eigenvalue weighted by Gasteiger charge is -2.43. The summed E-state index contributed by atoms with van der Waals surface area (Å²) in [5.74, 6) is 0. The van der Waals surface area contributed by atoms with E-state index < -0.39 is 0 Å². The SMILES string of the molecule is CCCCCCCCCCCCCC[N+]1(CCCC[N+]2(CCCCCCCCCCCCCC)CCOCC2)CCOCC1. The van der Waals surface area contributed by atoms with E-state index in [1.807, 2.05) is 0 Å². The minimum absolute atomic E-state index is 0.981. The van der Waals surface area contributed by atoms with Gasteiger partial charge in [0.2, 0.25) is 0 Å². The van der Waals surface area contributed by atoms with Crippen molar-refractivity contribution < 1.29 is 18.4 Å². The summed E-state index contributed by atoms with van der Waals surface area (Å²) in [4.78, 5) is 0. The molecule has 0 bridgehead atoms. The molecule has 0 N–H and O–H groups in total. The highest BCUT2D eigenvalue weighted by molar-refractivity contribution is 4.58. The van der Waals surface area contributed by atoms with Crippen molar-refractivity contribution in [2.45, 2.75) is 181 Å². The van der Waals surface area contributed by atoms with Crippen molar-refractivity contribution in [2.75, 3.05) is 78.8 Å². The van der Waals surface area contributed by atoms with Gasteiger partial charge in [-0.15, -0.1) is 0 Å². The molecular formula is C40H82N2O2+2. The van der Waals surface area contributed by atoms with E-state index in [0.717, 1.165) is 26.4 Å². The summed E-state index contributed by atoms with van der Waals surface area (Å²) < 4.78 is 14.4. The van der Waals surface area contributed by atoms with E-state index >= 15 is 0 Å². The van der Waals surface area contributed by atoms with Crippen LogP contribution in [0.3, 0.4) is 0 Å². The summed E-state index contributed by atoms with van der Waals surface area (Å²) in [5.41, 5.74) is 0. The van der Waals surface area contributed by atoms with E-state index in [1.165, 1.54) is 228 Å². The van der Waals surface area contributed by atoms with Crippen molar-refractivity contribution in [3.8, 4) is 0 Å². The minimum atomic E-state index is 0.981. The zero-order chi connectivity index (χ0) is 31.3. The maximum Gasteiger partial charge on any atom is 0.102 e. The number of rotatable bonds is 31. The molecule has 2 saturated heterocycles. The van der Waals surface area contributed by atoms with Gasteiger partial charge in [-0.25, -0.2) is 0 Å². The second-order valence-corrected chi connectivity index (χ2v) is 15.2. The van der Waals surface area contributed by atoms with Crippen LogP contribution in [0, 0.1) is 0 Å². The van der Waals surface area contributed by atoms with Crippen LogP contribution in [0.1, 0.15) is 181 Å². The summed E-state index contributed by atoms with van der Waals surface area (Å²) in [5, 5.41) is 0. The number of hydrogen-bond acceptors (Lipinski definition) is 2. The fourth-order valence-corrected chi connectivity index (χ4v) is 8.05. The molecule has 2 aliphatic heterocycles. The van der Waals surface area contributed by atoms with E-state index in [9.17, 15) is 0 Å². The lowest BCUT2D eigenvalue weighted by Crippen LogP contribution is -2.57. The highest BCUT2D eigenvalue weighted by Crippen LogP contribution is 2.21. The summed E-state index contributed by atoms with van der Waals surface area (Å²) in [6.45, 7) is 19.1. The van der Waals surface area contributed by atoms with Gasteiger partial charge in [-0.1, -0.05) is 142 Å². The number of hydrogen-bond donors (Lipinski definition) is 0. The molecule has 0 amide bonds. The van der Waals surface area contributed by atoms with Crippen molar-refractivity contribution in [3.05, 3.63) is 0 Å². The van der Waals surface area contributed by atoms with Crippen LogP contribution in [0.2, 0.25) is 0 Å². The zero-order valence-corrected chi connectivity index (χ0v) is 30.6. The van der Waals surface area contributed by atoms with E-state index in [4.69, 9.17) is 9.47 Å². The van der Waals surface area contributed by atoms with Gasteiger partial charge < -0.3 is 18.4 Å². The van der Waals surface area contributed by atoms with Crippen LogP contribution in [0.25, 0.3) is 0 Å². The van der Waals surface area contributed by atoms with Crippen molar-refractivity contribution >= 4 is 0 Å². The number of unbranched alkanes of at least 4 members (excludes halogenated alkanes) is 23. The molecule has 0 radical (unpaired) electrons. The van der Waals surface area contributed by atoms with Gasteiger partial charge in [0, 0.05) is 12.8 Å². The smallest absolute Gasteiger partial charge is 0.102 e. The molecule has 2 aliphatic rings. The van der Waals surface area contributed by atoms with Gasteiger partial charge in [-0.2, -0.15) is 0 Å². The van der Waals surface area contributed by atoms with E-state index in [2.05, 4.69) is 13.8 Å². The Bertz CT molecular complexity index is 548. The summed E-state index contributed by atoms with van der Waals surface area (Å²) in [6, 6.07) is 0. The Hall–Kier alpha value is -0.160. The predicted molar refractivity (Wildman–Crippen MR) is 192 cm³/mol. The van der Waals surface area contributed by atoms with Crippen LogP contribution in [-0.2, 0) is 9.47 Å². The molecule has 0 aromatic carbocycles. The lowest BCUT2D eigenvalue weighted by molar-refractivity contribution is -0.941. The zero-order valence-electron chi connectivity index (χ0n) is 30.6. The van der Waals surface area contributed by atoms with Gasteiger partial charge in [0.05, 0.1) is 52.6 Å². The average Bonchev–Trinajstić information content (AvgIpc) is 3.05. The Kier molecular flexibility index (Phi) is 25.4. The number of nitrogens with zero attached hydrogens (tertiary/aromatic N) is 2. The number of ether oxygens (including phenoxy) is 2. The van der Waals surface area contributed by atoms with E-state index in [-0.39, 0.29) is 0 Å². The number of morpholine rings is 2. The highest BCUT2D eigenvalue weighted by Gasteiger charge is 2.32. The molecule has 0 aliphatic carbocycles. The molecule has 2 heterocycles. The van der Waals surface area contributed by atoms with E-state index in [0.29, 0.717) is 0 Å². The van der Waals surface area contributed by atoms with Gasteiger partial charge >= 0.3 is 0 Å². The Balaban J connectivity index is 1.56. The molecule has 2 rings (SSSR count). The molecule has 4 heteroatoms. The van der Waals surface area contributed by atoms with Crippen LogP contribution < -0.4 is 0 Å². The molecule has 0 aromatic heterocycles. The second-order valence-electron chi connectivity index (χ2n) is 15.2. The third-order valence-electron chi connectivity index (χ3n) is 11.3. The monoisotopic (exact) mass is 623 g/mol. The Morgan fingerprint density at radius 2 is 0.500 bits per heavy atom. The van der Waals surface area contributed by atoms with Gasteiger partial charge in [0.25, 0.3) is 0 Å². The van der Waals surface area contributed by atoms with Crippen LogP contribution in [0.5, 0.6) is 0 Å². The maximum absolute atomic E-state index is 5.83. The fourth-order valence-electron chi connectivity index (χ4n) is 8.05. The first kappa shape index (κ1) is 40.0. The molecule has 44 heavy (non-hydrogen) atoms. The first-order valence-electron chi connectivity index (χ1n) is 20.6. The summed E-state index contributed by atoms with van der Waals surface area (Å²) in [7, 11) is 0. The van der Waals surface area contributed by atoms with Crippen LogP contribution in [0.4, 0.5) is 0 Å². The molecule has 2 fully saturated rings. The molecular weight excluding hydrogens is 540 g/mol. The maximum atomic E-state index is 5.83. The summed E-state index contributed by atoms with van der Waals surface area (Å²) in [6.07, 6.45) is 37.5. The minimum Gasteiger partial charge on any atom is -0.370 e. The first-order chi connectivity index (χ1) is 21.7. The van der Waals surface area contributed by atoms with Crippen molar-refractivity contribution in [1.29, 1.82) is 0 Å². The topological polar surface area (TPSA) is 18.5 Å². The second kappa shape index (κ2) is 27.9. The molecule has 0 spiro atoms. The lowest BCUT2D eigenvalue weighted by atomic mass is 10.0. The van der Waals surface area contributed by atoms with Crippen LogP contribution in [0.15, 0.2) is 0 Å². The van der Waals surface area contributed by atoms with Crippen molar-refractivity contribution in [2.24, 2.45) is 0 Å². The third kappa shape index (κ3) is 20.2. The van der Waals surface area contributed by atoms with E-state index in [1.54, 1.807) is 0 Å². The molecule has 0 atom stereocenters. The molecule has 0 unspecified atom stereocenters. The predicted octanol–water partition coefficient (Wildman–Crippen LogP) is 10.9. The van der Waals surface area contributed by atoms with Gasteiger partial charge in [0.1, 0.15) is 26.2 Å². The standard InChI is InChI=1S/C40H82N2O2/c1-3-5-7-9-11-13-15-17-19-21-23-25-29-41(33-37-43-38-34-41)31-27-28-32-42(35-39-44-40-36-42)30-26-24-22-20-18-16-14-12-10-8-6-4-2/h3-40H2,1-2H3/q+2. The molecule has 4 nitrogen and oxygen atoms in total. The Morgan fingerprint density at radius 1 is 0.295 bits per heavy atom. The fraction of sp³-hybridized carbons (Fsp3) is 1.00. The highest BCUT2D eigenvalue weighted by atomic mass is 16.5. The van der Waals surface area contributed by atoms with Crippen LogP contribution >= 0.6 is 0 Å². The largest absolute Gasteiger partial charge is 0.370 e. The molecule has 0 saturated carbocycles. The molecule has 0 aromatic rings.